The van der Waals surface area contributed by atoms with E-state index < -0.39 is 25.4 Å². The Morgan fingerprint density at radius 2 is 2.00 bits per heavy atom. The number of hydrogen-bond acceptors (Lipinski definition) is 3. The van der Waals surface area contributed by atoms with Crippen LogP contribution in [0.3, 0.4) is 0 Å². The highest BCUT2D eigenvalue weighted by molar-refractivity contribution is 7.69. The van der Waals surface area contributed by atoms with Gasteiger partial charge in [0.15, 0.2) is 0 Å². The summed E-state index contributed by atoms with van der Waals surface area (Å²) < 4.78 is 0. The molecular weight excluding hydrogens is 159 g/mol. The van der Waals surface area contributed by atoms with E-state index in [2.05, 4.69) is 0 Å². The molecule has 0 aromatic rings. The molecule has 54 valence electrons. The second kappa shape index (κ2) is 2.04. The van der Waals surface area contributed by atoms with Crippen molar-refractivity contribution < 1.29 is 24.7 Å². The molecule has 2 unspecified atom stereocenters. The van der Waals surface area contributed by atoms with E-state index in [4.69, 9.17) is 10.2 Å². The average molecular weight is 162 g/mol. The molecule has 1 heterocycles. The third kappa shape index (κ3) is 0.894. The van der Waals surface area contributed by atoms with Gasteiger partial charge in [-0.2, -0.15) is 0 Å². The fourth-order valence-electron chi connectivity index (χ4n) is 0.607. The number of hydrogen-bond donors (Lipinski definition) is 2. The molecule has 0 saturated carbocycles. The molecule has 0 spiro atoms. The lowest BCUT2D eigenvalue weighted by Crippen LogP contribution is -2.17. The molecule has 0 aromatic carbocycles. The first-order chi connectivity index (χ1) is 4.55. The van der Waals surface area contributed by atoms with E-state index in [0.717, 1.165) is 0 Å². The minimum absolute atomic E-state index is 0.373. The smallest absolute Gasteiger partial charge is 0.379 e. The molecule has 0 fully saturated rings. The molecule has 2 atom stereocenters. The molecule has 0 bridgehead atoms. The predicted octanol–water partition coefficient (Wildman–Crippen LogP) is -1.53. The monoisotopic (exact) mass is 162 g/mol. The minimum atomic E-state index is -2.11. The van der Waals surface area contributed by atoms with E-state index in [0.29, 0.717) is 0 Å². The first kappa shape index (κ1) is 7.18. The Morgan fingerprint density at radius 1 is 1.50 bits per heavy atom. The van der Waals surface area contributed by atoms with Gasteiger partial charge in [0.2, 0.25) is 0 Å². The Kier molecular flexibility index (Phi) is 1.46. The highest BCUT2D eigenvalue weighted by atomic mass is 31.1. The summed E-state index contributed by atoms with van der Waals surface area (Å²) in [5.41, 5.74) is -1.23. The van der Waals surface area contributed by atoms with Crippen LogP contribution in [0.2, 0.25) is 0 Å². The van der Waals surface area contributed by atoms with Crippen LogP contribution in [0.4, 0.5) is 0 Å². The first-order valence-electron chi connectivity index (χ1n) is 2.35. The Hall–Kier alpha value is -0.930. The van der Waals surface area contributed by atoms with Gasteiger partial charge in [-0.3, -0.25) is 0 Å². The van der Waals surface area contributed by atoms with E-state index in [1.807, 2.05) is 0 Å². The van der Waals surface area contributed by atoms with Gasteiger partial charge in [-0.1, -0.05) is 0 Å². The molecule has 1 rings (SSSR count). The van der Waals surface area contributed by atoms with Crippen molar-refractivity contribution in [2.75, 3.05) is 0 Å². The van der Waals surface area contributed by atoms with E-state index in [1.165, 1.54) is 0 Å². The molecule has 0 aliphatic carbocycles. The molecular formula is C4H3O5P. The summed E-state index contributed by atoms with van der Waals surface area (Å²) in [5, 5.41) is 16.0. The molecule has 0 saturated heterocycles. The van der Waals surface area contributed by atoms with E-state index in [1.54, 1.807) is 0 Å². The summed E-state index contributed by atoms with van der Waals surface area (Å²) in [7, 11) is -2.11. The SMILES string of the molecule is O=C(O)C1=[P+]([O-])C1C(=O)O. The van der Waals surface area contributed by atoms with E-state index in [-0.39, 0.29) is 5.29 Å². The lowest BCUT2D eigenvalue weighted by molar-refractivity contribution is -0.153. The van der Waals surface area contributed by atoms with Gasteiger partial charge in [0.25, 0.3) is 11.0 Å². The van der Waals surface area contributed by atoms with Crippen LogP contribution in [-0.4, -0.2) is 33.1 Å². The van der Waals surface area contributed by atoms with Gasteiger partial charge in [-0.25, -0.2) is 9.59 Å². The van der Waals surface area contributed by atoms with Crippen LogP contribution in [0.15, 0.2) is 0 Å². The van der Waals surface area contributed by atoms with Gasteiger partial charge in [0.1, 0.15) is 0 Å². The molecule has 2 N–H and O–H groups in total. The number of aliphatic carboxylic acids is 2. The molecule has 6 heteroatoms. The second-order valence-corrected chi connectivity index (χ2v) is 3.41. The van der Waals surface area contributed by atoms with Crippen LogP contribution in [0, 0.1) is 0 Å². The van der Waals surface area contributed by atoms with Crippen molar-refractivity contribution in [2.45, 2.75) is 5.66 Å². The lowest BCUT2D eigenvalue weighted by atomic mass is 10.3. The van der Waals surface area contributed by atoms with Crippen molar-refractivity contribution in [3.8, 4) is 0 Å². The average Bonchev–Trinajstić information content (AvgIpc) is 2.40. The van der Waals surface area contributed by atoms with Crippen LogP contribution in [0.25, 0.3) is 0 Å². The van der Waals surface area contributed by atoms with Crippen molar-refractivity contribution in [3.05, 3.63) is 0 Å². The van der Waals surface area contributed by atoms with Crippen molar-refractivity contribution in [3.63, 3.8) is 0 Å². The first-order valence-corrected chi connectivity index (χ1v) is 3.68. The predicted molar refractivity (Wildman–Crippen MR) is 31.0 cm³/mol. The second-order valence-electron chi connectivity index (χ2n) is 1.76. The van der Waals surface area contributed by atoms with Crippen LogP contribution < -0.4 is 4.89 Å². The summed E-state index contributed by atoms with van der Waals surface area (Å²) >= 11 is 0. The van der Waals surface area contributed by atoms with Crippen molar-refractivity contribution in [1.82, 2.24) is 0 Å². The topological polar surface area (TPSA) is 97.7 Å². The van der Waals surface area contributed by atoms with Crippen LogP contribution >= 0.6 is 7.77 Å². The Bertz CT molecular complexity index is 242. The zero-order valence-corrected chi connectivity index (χ0v) is 5.54. The fraction of sp³-hybridized carbons (Fsp3) is 0.250. The molecule has 1 aliphatic heterocycles. The molecule has 0 amide bonds. The largest absolute Gasteiger partial charge is 0.629 e. The molecule has 10 heavy (non-hydrogen) atoms. The van der Waals surface area contributed by atoms with E-state index >= 15 is 0 Å². The quantitative estimate of drug-likeness (QED) is 0.480. The summed E-state index contributed by atoms with van der Waals surface area (Å²) in [6.07, 6.45) is 0. The number of carboxylic acids is 2. The summed E-state index contributed by atoms with van der Waals surface area (Å²) in [5.74, 6) is -2.69. The van der Waals surface area contributed by atoms with Crippen molar-refractivity contribution >= 4 is 25.0 Å². The molecule has 5 nitrogen and oxygen atoms in total. The van der Waals surface area contributed by atoms with Gasteiger partial charge in [-0.05, 0) is 0 Å². The van der Waals surface area contributed by atoms with Gasteiger partial charge < -0.3 is 15.1 Å². The number of rotatable bonds is 2. The van der Waals surface area contributed by atoms with Gasteiger partial charge in [-0.15, -0.1) is 0 Å². The maximum Gasteiger partial charge on any atom is 0.379 e. The fourth-order valence-corrected chi connectivity index (χ4v) is 1.71. The van der Waals surface area contributed by atoms with Crippen LogP contribution in [0.1, 0.15) is 0 Å². The molecule has 1 aliphatic rings. The summed E-state index contributed by atoms with van der Waals surface area (Å²) in [4.78, 5) is 30.5. The zero-order chi connectivity index (χ0) is 7.89. The normalized spacial score (nSPS) is 26.3. The molecule has 0 radical (unpaired) electrons. The van der Waals surface area contributed by atoms with Crippen molar-refractivity contribution in [1.29, 1.82) is 0 Å². The van der Waals surface area contributed by atoms with Crippen LogP contribution in [-0.2, 0) is 9.59 Å². The summed E-state index contributed by atoms with van der Waals surface area (Å²) in [6.45, 7) is 0. The number of carboxylic acid groups (broad SMARTS) is 2. The zero-order valence-electron chi connectivity index (χ0n) is 4.64. The van der Waals surface area contributed by atoms with Gasteiger partial charge in [0, 0.05) is 0 Å². The standard InChI is InChI=1S/C4H3O5P/c5-3(6)1-2(4(7)8)10(1)9/h1H,(H,5,6)(H,7,8). The third-order valence-corrected chi connectivity index (χ3v) is 2.71. The minimum Gasteiger partial charge on any atom is -0.629 e. The maximum absolute atomic E-state index is 10.5. The van der Waals surface area contributed by atoms with Gasteiger partial charge in [0.05, 0.1) is 7.77 Å². The maximum atomic E-state index is 10.5. The Labute approximate surface area is 56.4 Å². The summed E-state index contributed by atoms with van der Waals surface area (Å²) in [6, 6.07) is 0. The lowest BCUT2D eigenvalue weighted by Gasteiger charge is -1.79. The third-order valence-electron chi connectivity index (χ3n) is 1.12. The number of carbonyl (C=O) groups is 2. The van der Waals surface area contributed by atoms with E-state index in [9.17, 15) is 14.5 Å². The highest BCUT2D eigenvalue weighted by Crippen LogP contribution is 2.41. The van der Waals surface area contributed by atoms with Crippen molar-refractivity contribution in [2.24, 2.45) is 0 Å². The van der Waals surface area contributed by atoms with Crippen LogP contribution in [0.5, 0.6) is 0 Å². The molecule has 0 aromatic heterocycles. The van der Waals surface area contributed by atoms with Gasteiger partial charge >= 0.3 is 11.9 Å². The highest BCUT2D eigenvalue weighted by Gasteiger charge is 2.56. The Balaban J connectivity index is 2.69. The Morgan fingerprint density at radius 3 is 2.10 bits per heavy atom.